The van der Waals surface area contributed by atoms with Crippen LogP contribution in [0.25, 0.3) is 5.69 Å². The Kier molecular flexibility index (Phi) is 6.89. The Morgan fingerprint density at radius 1 is 1.15 bits per heavy atom. The zero-order chi connectivity index (χ0) is 23.4. The summed E-state index contributed by atoms with van der Waals surface area (Å²) in [5.74, 6) is -0.409. The molecule has 11 heteroatoms. The number of hydrogen-bond acceptors (Lipinski definition) is 5. The number of carbonyl (C=O) groups excluding carboxylic acids is 1. The van der Waals surface area contributed by atoms with Gasteiger partial charge in [0.05, 0.1) is 22.7 Å². The van der Waals surface area contributed by atoms with Crippen molar-refractivity contribution < 1.29 is 22.6 Å². The highest BCUT2D eigenvalue weighted by Crippen LogP contribution is 2.36. The van der Waals surface area contributed by atoms with Gasteiger partial charge < -0.3 is 15.1 Å². The van der Waals surface area contributed by atoms with Gasteiger partial charge in [-0.25, -0.2) is 0 Å². The van der Waals surface area contributed by atoms with Crippen LogP contribution in [0.5, 0.6) is 0 Å². The first-order chi connectivity index (χ1) is 15.8. The fourth-order valence-electron chi connectivity index (χ4n) is 3.57. The Morgan fingerprint density at radius 3 is 2.58 bits per heavy atom. The van der Waals surface area contributed by atoms with Gasteiger partial charge in [0.1, 0.15) is 0 Å². The summed E-state index contributed by atoms with van der Waals surface area (Å²) in [5, 5.41) is 6.25. The molecule has 0 saturated carbocycles. The standard InChI is InChI=1S/C22H23F3N6OS/c1-29-9-11-30(12-10-29)19-8-7-16(22(23,24)25)13-18(19)28-20(32)14-33-21-26-15-27-31(21)17-5-3-2-4-6-17/h2-8,13,15H,9-12,14H2,1H3,(H,28,32)/p+1. The number of H-pyrrole nitrogens is 1. The minimum atomic E-state index is -4.49. The monoisotopic (exact) mass is 477 g/mol. The predicted octanol–water partition coefficient (Wildman–Crippen LogP) is 3.19. The molecular weight excluding hydrogens is 453 g/mol. The molecule has 1 saturated heterocycles. The zero-order valence-corrected chi connectivity index (χ0v) is 18.8. The molecule has 2 heterocycles. The number of piperazine rings is 1. The third-order valence-corrected chi connectivity index (χ3v) is 6.29. The molecule has 2 N–H and O–H groups in total. The number of para-hydroxylation sites is 1. The van der Waals surface area contributed by atoms with Crippen molar-refractivity contribution in [3.63, 3.8) is 0 Å². The number of aromatic amines is 1. The van der Waals surface area contributed by atoms with Crippen molar-refractivity contribution in [2.45, 2.75) is 11.3 Å². The van der Waals surface area contributed by atoms with E-state index in [1.165, 1.54) is 24.2 Å². The van der Waals surface area contributed by atoms with Crippen molar-refractivity contribution in [2.75, 3.05) is 49.2 Å². The summed E-state index contributed by atoms with van der Waals surface area (Å²) in [6, 6.07) is 13.0. The Bertz CT molecular complexity index is 1100. The van der Waals surface area contributed by atoms with Crippen LogP contribution in [0.15, 0.2) is 60.0 Å². The number of likely N-dealkylation sites (N-methyl/N-ethyl adjacent to an activating group) is 1. The van der Waals surface area contributed by atoms with Crippen molar-refractivity contribution in [1.29, 1.82) is 0 Å². The number of carbonyl (C=O) groups is 1. The summed E-state index contributed by atoms with van der Waals surface area (Å²) in [5.41, 5.74) is 0.817. The first-order valence-electron chi connectivity index (χ1n) is 10.4. The normalized spacial score (nSPS) is 15.0. The Labute approximate surface area is 193 Å². The summed E-state index contributed by atoms with van der Waals surface area (Å²) in [7, 11) is 2.00. The maximum absolute atomic E-state index is 13.3. The molecule has 0 bridgehead atoms. The first kappa shape index (κ1) is 23.1. The lowest BCUT2D eigenvalue weighted by molar-refractivity contribution is -0.694. The number of halogens is 3. The van der Waals surface area contributed by atoms with E-state index in [9.17, 15) is 18.0 Å². The molecule has 2 aromatic carbocycles. The van der Waals surface area contributed by atoms with E-state index in [1.54, 1.807) is 4.68 Å². The Balaban J connectivity index is 1.49. The van der Waals surface area contributed by atoms with E-state index >= 15 is 0 Å². The minimum Gasteiger partial charge on any atom is -0.367 e. The Hall–Kier alpha value is -3.05. The second kappa shape index (κ2) is 9.84. The van der Waals surface area contributed by atoms with Gasteiger partial charge in [-0.1, -0.05) is 18.2 Å². The second-order valence-corrected chi connectivity index (χ2v) is 8.64. The number of aromatic nitrogens is 3. The maximum Gasteiger partial charge on any atom is 0.416 e. The molecule has 1 aliphatic heterocycles. The van der Waals surface area contributed by atoms with E-state index in [1.807, 2.05) is 42.3 Å². The smallest absolute Gasteiger partial charge is 0.367 e. The number of nitrogens with zero attached hydrogens (tertiary/aromatic N) is 4. The van der Waals surface area contributed by atoms with Crippen molar-refractivity contribution in [2.24, 2.45) is 0 Å². The molecule has 7 nitrogen and oxygen atoms in total. The van der Waals surface area contributed by atoms with Gasteiger partial charge in [0, 0.05) is 26.2 Å². The molecule has 0 radical (unpaired) electrons. The van der Waals surface area contributed by atoms with Crippen LogP contribution in [0.1, 0.15) is 5.56 Å². The lowest BCUT2D eigenvalue weighted by atomic mass is 10.1. The molecule has 4 rings (SSSR count). The summed E-state index contributed by atoms with van der Waals surface area (Å²) >= 11 is 1.19. The van der Waals surface area contributed by atoms with Crippen molar-refractivity contribution in [1.82, 2.24) is 15.0 Å². The number of amides is 1. The van der Waals surface area contributed by atoms with Crippen LogP contribution in [-0.2, 0) is 11.0 Å². The third kappa shape index (κ3) is 5.66. The SMILES string of the molecule is CN1CCN(c2ccc(C(F)(F)F)cc2NC(=O)CSc2nc[nH][n+]2-c2ccccc2)CC1. The van der Waals surface area contributed by atoms with Crippen LogP contribution in [-0.4, -0.2) is 59.9 Å². The van der Waals surface area contributed by atoms with Crippen LogP contribution in [0.4, 0.5) is 24.5 Å². The van der Waals surface area contributed by atoms with Crippen LogP contribution >= 0.6 is 11.8 Å². The molecular formula is C22H24F3N6OS+. The van der Waals surface area contributed by atoms with E-state index in [4.69, 9.17) is 0 Å². The highest BCUT2D eigenvalue weighted by Gasteiger charge is 2.32. The molecule has 174 valence electrons. The predicted molar refractivity (Wildman–Crippen MR) is 121 cm³/mol. The lowest BCUT2D eigenvalue weighted by Gasteiger charge is -2.35. The quantitative estimate of drug-likeness (QED) is 0.422. The van der Waals surface area contributed by atoms with Crippen LogP contribution in [0, 0.1) is 0 Å². The van der Waals surface area contributed by atoms with Crippen molar-refractivity contribution in [3.05, 3.63) is 60.4 Å². The van der Waals surface area contributed by atoms with Gasteiger partial charge in [0.25, 0.3) is 0 Å². The van der Waals surface area contributed by atoms with Crippen molar-refractivity contribution in [3.8, 4) is 5.69 Å². The number of anilines is 2. The second-order valence-electron chi connectivity index (χ2n) is 7.70. The van der Waals surface area contributed by atoms with Crippen molar-refractivity contribution >= 4 is 29.0 Å². The van der Waals surface area contributed by atoms with Gasteiger partial charge >= 0.3 is 11.3 Å². The van der Waals surface area contributed by atoms with Crippen LogP contribution < -0.4 is 14.9 Å². The molecule has 0 atom stereocenters. The molecule has 1 amide bonds. The average Bonchev–Trinajstić information content (AvgIpc) is 3.27. The molecule has 0 unspecified atom stereocenters. The fourth-order valence-corrected chi connectivity index (χ4v) is 4.32. The third-order valence-electron chi connectivity index (χ3n) is 5.34. The summed E-state index contributed by atoms with van der Waals surface area (Å²) in [6.07, 6.45) is -2.98. The van der Waals surface area contributed by atoms with E-state index in [0.29, 0.717) is 23.9 Å². The zero-order valence-electron chi connectivity index (χ0n) is 18.0. The van der Waals surface area contributed by atoms with E-state index in [-0.39, 0.29) is 11.4 Å². The molecule has 3 aromatic rings. The minimum absolute atomic E-state index is 0.00386. The molecule has 0 spiro atoms. The van der Waals surface area contributed by atoms with E-state index < -0.39 is 17.6 Å². The number of hydrogen-bond donors (Lipinski definition) is 2. The summed E-state index contributed by atoms with van der Waals surface area (Å²) in [6.45, 7) is 2.93. The van der Waals surface area contributed by atoms with Gasteiger partial charge in [-0.05, 0) is 54.1 Å². The molecule has 1 aromatic heterocycles. The van der Waals surface area contributed by atoms with Gasteiger partial charge in [0.15, 0.2) is 5.69 Å². The average molecular weight is 478 g/mol. The first-order valence-corrected chi connectivity index (χ1v) is 11.4. The van der Waals surface area contributed by atoms with Crippen LogP contribution in [0.2, 0.25) is 0 Å². The van der Waals surface area contributed by atoms with E-state index in [0.717, 1.165) is 30.9 Å². The number of alkyl halides is 3. The number of rotatable bonds is 6. The summed E-state index contributed by atoms with van der Waals surface area (Å²) < 4.78 is 41.7. The van der Waals surface area contributed by atoms with Crippen LogP contribution in [0.3, 0.4) is 0 Å². The number of nitrogens with one attached hydrogen (secondary N) is 2. The number of thioether (sulfide) groups is 1. The largest absolute Gasteiger partial charge is 0.416 e. The molecule has 0 aliphatic carbocycles. The maximum atomic E-state index is 13.3. The topological polar surface area (TPSA) is 68.1 Å². The van der Waals surface area contributed by atoms with Gasteiger partial charge in [-0.3, -0.25) is 4.79 Å². The number of benzene rings is 2. The van der Waals surface area contributed by atoms with Gasteiger partial charge in [-0.15, -0.1) is 4.68 Å². The van der Waals surface area contributed by atoms with Gasteiger partial charge in [0.2, 0.25) is 12.2 Å². The molecule has 1 fully saturated rings. The van der Waals surface area contributed by atoms with Gasteiger partial charge in [-0.2, -0.15) is 18.3 Å². The fraction of sp³-hybridized carbons (Fsp3) is 0.318. The Morgan fingerprint density at radius 2 is 1.88 bits per heavy atom. The molecule has 1 aliphatic rings. The van der Waals surface area contributed by atoms with E-state index in [2.05, 4.69) is 20.3 Å². The lowest BCUT2D eigenvalue weighted by Crippen LogP contribution is -2.44. The summed E-state index contributed by atoms with van der Waals surface area (Å²) in [4.78, 5) is 21.1. The molecule has 33 heavy (non-hydrogen) atoms. The highest BCUT2D eigenvalue weighted by molar-refractivity contribution is 7.99. The highest BCUT2D eigenvalue weighted by atomic mass is 32.2.